The van der Waals surface area contributed by atoms with Gasteiger partial charge in [-0.3, -0.25) is 25.8 Å². The average Bonchev–Trinajstić information content (AvgIpc) is 2.54. The van der Waals surface area contributed by atoms with Gasteiger partial charge in [0.1, 0.15) is 0 Å². The Morgan fingerprint density at radius 2 is 1.61 bits per heavy atom. The predicted molar refractivity (Wildman–Crippen MR) is 92.9 cm³/mol. The van der Waals surface area contributed by atoms with Gasteiger partial charge in [-0.2, -0.15) is 0 Å². The van der Waals surface area contributed by atoms with Crippen LogP contribution in [0.25, 0.3) is 0 Å². The molecule has 2 rings (SSSR count). The molecule has 5 nitrogen and oxygen atoms in total. The van der Waals surface area contributed by atoms with Crippen LogP contribution < -0.4 is 16.2 Å². The van der Waals surface area contributed by atoms with Crippen molar-refractivity contribution < 1.29 is 9.59 Å². The molecule has 0 fully saturated rings. The topological polar surface area (TPSA) is 70.2 Å². The third-order valence-corrected chi connectivity index (χ3v) is 3.31. The fourth-order valence-corrected chi connectivity index (χ4v) is 2.03. The molecule has 2 amide bonds. The fraction of sp³-hybridized carbons (Fsp3) is 0.0625. The Morgan fingerprint density at radius 1 is 0.957 bits per heavy atom. The van der Waals surface area contributed by atoms with E-state index in [0.29, 0.717) is 10.6 Å². The minimum Gasteiger partial charge on any atom is -0.298 e. The second-order valence-electron chi connectivity index (χ2n) is 4.63. The van der Waals surface area contributed by atoms with Gasteiger partial charge in [-0.05, 0) is 42.0 Å². The average molecular weight is 348 g/mol. The molecule has 0 saturated heterocycles. The van der Waals surface area contributed by atoms with Crippen molar-refractivity contribution in [2.45, 2.75) is 6.42 Å². The minimum absolute atomic E-state index is 0.00589. The summed E-state index contributed by atoms with van der Waals surface area (Å²) in [5, 5.41) is 3.00. The number of thiocarbonyl (C=S) groups is 1. The van der Waals surface area contributed by atoms with E-state index in [0.717, 1.165) is 5.56 Å². The third kappa shape index (κ3) is 5.69. The van der Waals surface area contributed by atoms with Gasteiger partial charge in [0, 0.05) is 10.6 Å². The molecule has 0 aliphatic rings. The Kier molecular flexibility index (Phi) is 6.08. The van der Waals surface area contributed by atoms with Crippen molar-refractivity contribution in [3.05, 3.63) is 70.7 Å². The summed E-state index contributed by atoms with van der Waals surface area (Å²) in [6.07, 6.45) is 0.210. The number of rotatable bonds is 3. The van der Waals surface area contributed by atoms with Crippen molar-refractivity contribution in [2.24, 2.45) is 0 Å². The van der Waals surface area contributed by atoms with Crippen molar-refractivity contribution in [1.29, 1.82) is 0 Å². The van der Waals surface area contributed by atoms with Gasteiger partial charge in [0.05, 0.1) is 6.42 Å². The lowest BCUT2D eigenvalue weighted by atomic mass is 10.1. The molecule has 0 bridgehead atoms. The fourth-order valence-electron chi connectivity index (χ4n) is 1.76. The molecule has 2 aromatic carbocycles. The molecule has 0 heterocycles. The molecule has 0 aliphatic carbocycles. The summed E-state index contributed by atoms with van der Waals surface area (Å²) in [7, 11) is 0. The third-order valence-electron chi connectivity index (χ3n) is 2.86. The number of amides is 2. The molecule has 0 atom stereocenters. The zero-order valence-corrected chi connectivity index (χ0v) is 13.6. The van der Waals surface area contributed by atoms with Gasteiger partial charge < -0.3 is 0 Å². The standard InChI is InChI=1S/C16H14ClN3O2S/c17-13-8-6-12(7-9-13)15(22)18-16(23)20-19-14(21)10-11-4-2-1-3-5-11/h1-9H,10H2,(H,19,21)(H2,18,20,22,23). The molecule has 0 spiro atoms. The number of hydrazine groups is 1. The minimum atomic E-state index is -0.392. The second-order valence-corrected chi connectivity index (χ2v) is 5.47. The first-order valence-corrected chi connectivity index (χ1v) is 7.53. The lowest BCUT2D eigenvalue weighted by molar-refractivity contribution is -0.121. The summed E-state index contributed by atoms with van der Waals surface area (Å²) >= 11 is 10.7. The van der Waals surface area contributed by atoms with E-state index in [4.69, 9.17) is 23.8 Å². The van der Waals surface area contributed by atoms with Crippen molar-refractivity contribution in [3.8, 4) is 0 Å². The Hall–Kier alpha value is -2.44. The molecule has 0 unspecified atom stereocenters. The highest BCUT2D eigenvalue weighted by Gasteiger charge is 2.08. The van der Waals surface area contributed by atoms with Crippen LogP contribution in [0.5, 0.6) is 0 Å². The largest absolute Gasteiger partial charge is 0.298 e. The summed E-state index contributed by atoms with van der Waals surface area (Å²) in [6, 6.07) is 15.6. The first-order valence-electron chi connectivity index (χ1n) is 6.74. The molecule has 118 valence electrons. The van der Waals surface area contributed by atoms with Gasteiger partial charge in [-0.25, -0.2) is 0 Å². The SMILES string of the molecule is O=C(Cc1ccccc1)NNC(=S)NC(=O)c1ccc(Cl)cc1. The molecular formula is C16H14ClN3O2S. The number of carbonyl (C=O) groups excluding carboxylic acids is 2. The van der Waals surface area contributed by atoms with Gasteiger partial charge in [0.2, 0.25) is 5.91 Å². The molecule has 2 aromatic rings. The van der Waals surface area contributed by atoms with Crippen LogP contribution in [-0.4, -0.2) is 16.9 Å². The molecule has 23 heavy (non-hydrogen) atoms. The number of nitrogens with one attached hydrogen (secondary N) is 3. The van der Waals surface area contributed by atoms with Crippen molar-refractivity contribution in [2.75, 3.05) is 0 Å². The normalized spacial score (nSPS) is 9.78. The molecular weight excluding hydrogens is 334 g/mol. The maximum absolute atomic E-state index is 11.9. The number of carbonyl (C=O) groups is 2. The maximum atomic E-state index is 11.9. The van der Waals surface area contributed by atoms with Crippen LogP contribution in [0.1, 0.15) is 15.9 Å². The van der Waals surface area contributed by atoms with Crippen LogP contribution in [0.3, 0.4) is 0 Å². The van der Waals surface area contributed by atoms with E-state index in [1.54, 1.807) is 24.3 Å². The van der Waals surface area contributed by atoms with Gasteiger partial charge in [-0.1, -0.05) is 41.9 Å². The van der Waals surface area contributed by atoms with E-state index in [1.807, 2.05) is 30.3 Å². The lowest BCUT2D eigenvalue weighted by Crippen LogP contribution is -2.48. The van der Waals surface area contributed by atoms with Gasteiger partial charge in [-0.15, -0.1) is 0 Å². The van der Waals surface area contributed by atoms with E-state index in [9.17, 15) is 9.59 Å². The Bertz CT molecular complexity index is 705. The highest BCUT2D eigenvalue weighted by molar-refractivity contribution is 7.80. The number of hydrogen-bond acceptors (Lipinski definition) is 3. The first kappa shape index (κ1) is 16.9. The zero-order chi connectivity index (χ0) is 16.7. The summed E-state index contributed by atoms with van der Waals surface area (Å²) in [5.74, 6) is -0.657. The van der Waals surface area contributed by atoms with Crippen LogP contribution >= 0.6 is 23.8 Å². The molecule has 7 heteroatoms. The first-order chi connectivity index (χ1) is 11.0. The quantitative estimate of drug-likeness (QED) is 0.588. The Morgan fingerprint density at radius 3 is 2.26 bits per heavy atom. The Balaban J connectivity index is 1.77. The molecule has 0 radical (unpaired) electrons. The number of halogens is 1. The molecule has 3 N–H and O–H groups in total. The summed E-state index contributed by atoms with van der Waals surface area (Å²) in [6.45, 7) is 0. The van der Waals surface area contributed by atoms with Crippen LogP contribution in [0, 0.1) is 0 Å². The van der Waals surface area contributed by atoms with Gasteiger partial charge >= 0.3 is 0 Å². The predicted octanol–water partition coefficient (Wildman–Crippen LogP) is 2.22. The maximum Gasteiger partial charge on any atom is 0.257 e. The van der Waals surface area contributed by atoms with Crippen molar-refractivity contribution in [3.63, 3.8) is 0 Å². The van der Waals surface area contributed by atoms with E-state index in [1.165, 1.54) is 0 Å². The molecule has 0 aromatic heterocycles. The van der Waals surface area contributed by atoms with E-state index >= 15 is 0 Å². The summed E-state index contributed by atoms with van der Waals surface area (Å²) in [5.41, 5.74) is 6.21. The second kappa shape index (κ2) is 8.26. The number of benzene rings is 2. The van der Waals surface area contributed by atoms with Crippen molar-refractivity contribution >= 4 is 40.7 Å². The monoisotopic (exact) mass is 347 g/mol. The highest BCUT2D eigenvalue weighted by atomic mass is 35.5. The molecule has 0 saturated carbocycles. The van der Waals surface area contributed by atoms with E-state index < -0.39 is 5.91 Å². The Labute approximate surface area is 144 Å². The van der Waals surface area contributed by atoms with Gasteiger partial charge in [0.25, 0.3) is 5.91 Å². The van der Waals surface area contributed by atoms with Crippen LogP contribution in [0.2, 0.25) is 5.02 Å². The van der Waals surface area contributed by atoms with Gasteiger partial charge in [0.15, 0.2) is 5.11 Å². The molecule has 0 aliphatic heterocycles. The summed E-state index contributed by atoms with van der Waals surface area (Å²) < 4.78 is 0. The van der Waals surface area contributed by atoms with Crippen molar-refractivity contribution in [1.82, 2.24) is 16.2 Å². The summed E-state index contributed by atoms with van der Waals surface area (Å²) in [4.78, 5) is 23.7. The van der Waals surface area contributed by atoms with Crippen LogP contribution in [0.4, 0.5) is 0 Å². The van der Waals surface area contributed by atoms with E-state index in [2.05, 4.69) is 16.2 Å². The van der Waals surface area contributed by atoms with E-state index in [-0.39, 0.29) is 17.4 Å². The lowest BCUT2D eigenvalue weighted by Gasteiger charge is -2.11. The number of hydrogen-bond donors (Lipinski definition) is 3. The van der Waals surface area contributed by atoms with Crippen LogP contribution in [0.15, 0.2) is 54.6 Å². The smallest absolute Gasteiger partial charge is 0.257 e. The van der Waals surface area contributed by atoms with Crippen LogP contribution in [-0.2, 0) is 11.2 Å². The zero-order valence-electron chi connectivity index (χ0n) is 12.0. The highest BCUT2D eigenvalue weighted by Crippen LogP contribution is 2.09.